The minimum Gasteiger partial charge on any atom is -0.481 e. The number of carboxylic acid groups (broad SMARTS) is 2. The Morgan fingerprint density at radius 3 is 2.44 bits per heavy atom. The average Bonchev–Trinajstić information content (AvgIpc) is 2.25. The number of nitrogens with zero attached hydrogens (tertiary/aromatic N) is 1. The first-order valence-corrected chi connectivity index (χ1v) is 5.26. The lowest BCUT2D eigenvalue weighted by atomic mass is 10.1. The van der Waals surface area contributed by atoms with Gasteiger partial charge in [0.1, 0.15) is 6.04 Å². The molecule has 0 unspecified atom stereocenters. The normalized spacial score (nSPS) is 19.2. The quantitative estimate of drug-likeness (QED) is 0.451. The first kappa shape index (κ1) is 12.9. The maximum absolute atomic E-state index is 10.9. The molecule has 92 valence electrons. The molecule has 1 atom stereocenters. The molecule has 16 heavy (non-hydrogen) atoms. The topological polar surface area (TPSA) is 102 Å². The van der Waals surface area contributed by atoms with Gasteiger partial charge in [-0.3, -0.25) is 9.59 Å². The fourth-order valence-corrected chi connectivity index (χ4v) is 1.53. The number of carboxylic acids is 2. The van der Waals surface area contributed by atoms with E-state index in [1.807, 2.05) is 5.01 Å². The van der Waals surface area contributed by atoms with Crippen molar-refractivity contribution in [1.82, 2.24) is 15.8 Å². The lowest BCUT2D eigenvalue weighted by Crippen LogP contribution is -2.55. The van der Waals surface area contributed by atoms with Crippen molar-refractivity contribution < 1.29 is 19.8 Å². The summed E-state index contributed by atoms with van der Waals surface area (Å²) in [6.07, 6.45) is -0.0509. The zero-order chi connectivity index (χ0) is 12.0. The molecule has 1 rings (SSSR count). The van der Waals surface area contributed by atoms with E-state index in [-0.39, 0.29) is 12.8 Å². The van der Waals surface area contributed by atoms with Gasteiger partial charge in [0.2, 0.25) is 0 Å². The van der Waals surface area contributed by atoms with Crippen LogP contribution in [0.3, 0.4) is 0 Å². The van der Waals surface area contributed by atoms with Gasteiger partial charge in [0, 0.05) is 32.6 Å². The van der Waals surface area contributed by atoms with E-state index in [4.69, 9.17) is 10.2 Å². The predicted octanol–water partition coefficient (Wildman–Crippen LogP) is -1.29. The summed E-state index contributed by atoms with van der Waals surface area (Å²) in [5, 5.41) is 22.4. The molecule has 0 aromatic rings. The van der Waals surface area contributed by atoms with Crippen molar-refractivity contribution in [2.75, 3.05) is 26.2 Å². The zero-order valence-corrected chi connectivity index (χ0v) is 8.98. The van der Waals surface area contributed by atoms with E-state index < -0.39 is 18.0 Å². The molecule has 0 aromatic carbocycles. The van der Waals surface area contributed by atoms with Crippen LogP contribution in [0.2, 0.25) is 0 Å². The number of hydrazine groups is 1. The van der Waals surface area contributed by atoms with Crippen LogP contribution in [0.25, 0.3) is 0 Å². The maximum atomic E-state index is 10.9. The van der Waals surface area contributed by atoms with Gasteiger partial charge in [0.15, 0.2) is 0 Å². The van der Waals surface area contributed by atoms with Gasteiger partial charge in [-0.25, -0.2) is 10.4 Å². The van der Waals surface area contributed by atoms with Gasteiger partial charge >= 0.3 is 11.9 Å². The smallest absolute Gasteiger partial charge is 0.322 e. The Balaban J connectivity index is 2.37. The summed E-state index contributed by atoms with van der Waals surface area (Å²) in [5.41, 5.74) is 2.84. The van der Waals surface area contributed by atoms with Crippen LogP contribution < -0.4 is 10.7 Å². The molecule has 0 aliphatic carbocycles. The average molecular weight is 231 g/mol. The molecular formula is C9H17N3O4. The molecule has 0 amide bonds. The monoisotopic (exact) mass is 231 g/mol. The second-order valence-electron chi connectivity index (χ2n) is 3.69. The lowest BCUT2D eigenvalue weighted by molar-refractivity contribution is -0.142. The first-order chi connectivity index (χ1) is 7.59. The number of piperazine rings is 1. The van der Waals surface area contributed by atoms with Crippen molar-refractivity contribution in [1.29, 1.82) is 0 Å². The Bertz CT molecular complexity index is 253. The summed E-state index contributed by atoms with van der Waals surface area (Å²) in [6.45, 7) is 3.05. The van der Waals surface area contributed by atoms with E-state index in [0.717, 1.165) is 26.2 Å². The molecule has 1 aliphatic rings. The molecule has 4 N–H and O–H groups in total. The summed E-state index contributed by atoms with van der Waals surface area (Å²) in [6, 6.07) is -0.825. The predicted molar refractivity (Wildman–Crippen MR) is 55.9 cm³/mol. The summed E-state index contributed by atoms with van der Waals surface area (Å²) >= 11 is 0. The van der Waals surface area contributed by atoms with Crippen LogP contribution in [-0.4, -0.2) is 59.4 Å². The third-order valence-electron chi connectivity index (χ3n) is 2.40. The first-order valence-electron chi connectivity index (χ1n) is 5.26. The van der Waals surface area contributed by atoms with Crippen molar-refractivity contribution in [3.63, 3.8) is 0 Å². The van der Waals surface area contributed by atoms with Crippen molar-refractivity contribution in [3.8, 4) is 0 Å². The van der Waals surface area contributed by atoms with Crippen LogP contribution in [0, 0.1) is 0 Å². The molecule has 1 saturated heterocycles. The highest BCUT2D eigenvalue weighted by Gasteiger charge is 2.21. The van der Waals surface area contributed by atoms with E-state index in [2.05, 4.69) is 10.7 Å². The van der Waals surface area contributed by atoms with Gasteiger partial charge < -0.3 is 15.5 Å². The minimum atomic E-state index is -1.01. The molecule has 1 heterocycles. The number of hydrogen-bond donors (Lipinski definition) is 4. The molecule has 1 aliphatic heterocycles. The second-order valence-corrected chi connectivity index (χ2v) is 3.69. The highest BCUT2D eigenvalue weighted by molar-refractivity contribution is 5.74. The van der Waals surface area contributed by atoms with E-state index in [0.29, 0.717) is 0 Å². The van der Waals surface area contributed by atoms with E-state index >= 15 is 0 Å². The maximum Gasteiger partial charge on any atom is 0.322 e. The third kappa shape index (κ3) is 4.56. The van der Waals surface area contributed by atoms with Gasteiger partial charge in [-0.1, -0.05) is 0 Å². The van der Waals surface area contributed by atoms with Crippen LogP contribution in [0.5, 0.6) is 0 Å². The van der Waals surface area contributed by atoms with Gasteiger partial charge in [0.25, 0.3) is 0 Å². The van der Waals surface area contributed by atoms with Crippen LogP contribution in [0.1, 0.15) is 12.8 Å². The van der Waals surface area contributed by atoms with E-state index in [1.165, 1.54) is 0 Å². The summed E-state index contributed by atoms with van der Waals surface area (Å²) in [7, 11) is 0. The van der Waals surface area contributed by atoms with E-state index in [9.17, 15) is 9.59 Å². The molecule has 7 nitrogen and oxygen atoms in total. The highest BCUT2D eigenvalue weighted by atomic mass is 16.4. The summed E-state index contributed by atoms with van der Waals surface area (Å²) in [4.78, 5) is 21.3. The third-order valence-corrected chi connectivity index (χ3v) is 2.40. The molecule has 7 heteroatoms. The number of aliphatic carboxylic acids is 2. The molecule has 1 fully saturated rings. The molecular weight excluding hydrogens is 214 g/mol. The van der Waals surface area contributed by atoms with Gasteiger partial charge in [0.05, 0.1) is 0 Å². The largest absolute Gasteiger partial charge is 0.481 e. The number of nitrogens with one attached hydrogen (secondary N) is 2. The summed E-state index contributed by atoms with van der Waals surface area (Å²) in [5.74, 6) is -1.99. The Kier molecular flexibility index (Phi) is 5.17. The van der Waals surface area contributed by atoms with Gasteiger partial charge in [-0.2, -0.15) is 0 Å². The number of carbonyl (C=O) groups is 2. The van der Waals surface area contributed by atoms with E-state index in [1.54, 1.807) is 0 Å². The Labute approximate surface area is 93.4 Å². The zero-order valence-electron chi connectivity index (χ0n) is 8.98. The van der Waals surface area contributed by atoms with Crippen molar-refractivity contribution in [2.45, 2.75) is 18.9 Å². The Morgan fingerprint density at radius 1 is 1.31 bits per heavy atom. The fraction of sp³-hybridized carbons (Fsp3) is 0.778. The van der Waals surface area contributed by atoms with Crippen LogP contribution in [0.4, 0.5) is 0 Å². The number of hydrogen-bond acceptors (Lipinski definition) is 5. The fourth-order valence-electron chi connectivity index (χ4n) is 1.53. The standard InChI is InChI=1S/C9H17N3O4/c13-8(14)2-1-7(9(15)16)11-12-5-3-10-4-6-12/h7,10-11H,1-6H2,(H,13,14)(H,15,16)/t7-/m0/s1. The molecule has 0 radical (unpaired) electrons. The van der Waals surface area contributed by atoms with Crippen molar-refractivity contribution in [3.05, 3.63) is 0 Å². The van der Waals surface area contributed by atoms with Gasteiger partial charge in [-0.15, -0.1) is 0 Å². The van der Waals surface area contributed by atoms with Crippen LogP contribution in [0.15, 0.2) is 0 Å². The number of rotatable bonds is 6. The Morgan fingerprint density at radius 2 is 1.94 bits per heavy atom. The SMILES string of the molecule is O=C(O)CC[C@H](NN1CCNCC1)C(=O)O. The molecule has 0 bridgehead atoms. The van der Waals surface area contributed by atoms with Crippen molar-refractivity contribution in [2.24, 2.45) is 0 Å². The molecule has 0 spiro atoms. The molecule has 0 aromatic heterocycles. The Hall–Kier alpha value is -1.18. The minimum absolute atomic E-state index is 0.0919. The highest BCUT2D eigenvalue weighted by Crippen LogP contribution is 2.00. The molecule has 0 saturated carbocycles. The van der Waals surface area contributed by atoms with Crippen LogP contribution in [-0.2, 0) is 9.59 Å². The summed E-state index contributed by atoms with van der Waals surface area (Å²) < 4.78 is 0. The van der Waals surface area contributed by atoms with Gasteiger partial charge in [-0.05, 0) is 6.42 Å². The lowest BCUT2D eigenvalue weighted by Gasteiger charge is -2.30. The van der Waals surface area contributed by atoms with Crippen LogP contribution >= 0.6 is 0 Å². The van der Waals surface area contributed by atoms with Crippen molar-refractivity contribution >= 4 is 11.9 Å². The second kappa shape index (κ2) is 6.41.